The number of nitrogens with one attached hydrogen (secondary N) is 1. The van der Waals surface area contributed by atoms with E-state index in [9.17, 15) is 10.1 Å². The van der Waals surface area contributed by atoms with Gasteiger partial charge >= 0.3 is 6.09 Å². The van der Waals surface area contributed by atoms with Crippen molar-refractivity contribution in [2.75, 3.05) is 23.4 Å². The first-order valence-corrected chi connectivity index (χ1v) is 10.2. The van der Waals surface area contributed by atoms with E-state index in [1.807, 2.05) is 42.5 Å². The van der Waals surface area contributed by atoms with E-state index >= 15 is 0 Å². The summed E-state index contributed by atoms with van der Waals surface area (Å²) in [5.41, 5.74) is 4.66. The number of nitriles is 1. The monoisotopic (exact) mass is 399 g/mol. The Bertz CT molecular complexity index is 1160. The number of amides is 1. The first-order valence-electron chi connectivity index (χ1n) is 10.2. The maximum atomic E-state index is 11.7. The number of anilines is 2. The van der Waals surface area contributed by atoms with Gasteiger partial charge in [-0.05, 0) is 61.1 Å². The highest BCUT2D eigenvalue weighted by atomic mass is 16.6. The number of benzene rings is 2. The predicted molar refractivity (Wildman–Crippen MR) is 114 cm³/mol. The molecule has 7 nitrogen and oxygen atoms in total. The SMILES string of the molecule is C[C@@H](Nc1c(C#N)nnc2cc(-c3ccc(N4CCOC4=O)cc3)ccc12)C1CC1. The molecule has 0 unspecified atom stereocenters. The number of aromatic nitrogens is 2. The summed E-state index contributed by atoms with van der Waals surface area (Å²) in [5, 5.41) is 22.3. The Morgan fingerprint density at radius 2 is 1.93 bits per heavy atom. The Hall–Kier alpha value is -3.66. The van der Waals surface area contributed by atoms with Crippen molar-refractivity contribution >= 4 is 28.4 Å². The molecule has 1 saturated carbocycles. The number of carbonyl (C=O) groups excluding carboxylic acids is 1. The molecule has 150 valence electrons. The lowest BCUT2D eigenvalue weighted by Gasteiger charge is -2.17. The third-order valence-corrected chi connectivity index (χ3v) is 5.84. The minimum atomic E-state index is -0.308. The Kier molecular flexibility index (Phi) is 4.47. The van der Waals surface area contributed by atoms with Gasteiger partial charge in [0.1, 0.15) is 12.7 Å². The van der Waals surface area contributed by atoms with Gasteiger partial charge in [-0.1, -0.05) is 18.2 Å². The van der Waals surface area contributed by atoms with Crippen molar-refractivity contribution in [3.8, 4) is 17.2 Å². The molecule has 3 aromatic rings. The molecule has 1 amide bonds. The molecule has 2 aromatic carbocycles. The molecule has 1 N–H and O–H groups in total. The maximum Gasteiger partial charge on any atom is 0.414 e. The van der Waals surface area contributed by atoms with Gasteiger partial charge in [0.25, 0.3) is 0 Å². The van der Waals surface area contributed by atoms with Gasteiger partial charge in [-0.2, -0.15) is 5.26 Å². The first kappa shape index (κ1) is 18.4. The van der Waals surface area contributed by atoms with E-state index in [1.165, 1.54) is 12.8 Å². The number of nitrogens with zero attached hydrogens (tertiary/aromatic N) is 4. The number of rotatable bonds is 5. The standard InChI is InChI=1S/C23H21N5O2/c1-14(15-2-3-15)25-22-19-9-6-17(12-20(19)26-27-21(22)13-24)16-4-7-18(8-5-16)28-10-11-30-23(28)29/h4-9,12,14-15H,2-3,10-11H2,1H3,(H,25,26)/t14-/m1/s1. The van der Waals surface area contributed by atoms with Crippen LogP contribution in [0.3, 0.4) is 0 Å². The Labute approximate surface area is 174 Å². The van der Waals surface area contributed by atoms with Crippen molar-refractivity contribution in [1.82, 2.24) is 10.2 Å². The summed E-state index contributed by atoms with van der Waals surface area (Å²) in [6, 6.07) is 16.3. The quantitative estimate of drug-likeness (QED) is 0.686. The summed E-state index contributed by atoms with van der Waals surface area (Å²) in [4.78, 5) is 13.4. The third-order valence-electron chi connectivity index (χ3n) is 5.84. The maximum absolute atomic E-state index is 11.7. The third kappa shape index (κ3) is 3.30. The van der Waals surface area contributed by atoms with Gasteiger partial charge in [-0.25, -0.2) is 4.79 Å². The van der Waals surface area contributed by atoms with Crippen molar-refractivity contribution in [1.29, 1.82) is 5.26 Å². The molecule has 1 atom stereocenters. The summed E-state index contributed by atoms with van der Waals surface area (Å²) in [7, 11) is 0. The normalized spacial score (nSPS) is 16.9. The van der Waals surface area contributed by atoms with Gasteiger partial charge in [-0.15, -0.1) is 10.2 Å². The Morgan fingerprint density at radius 1 is 1.17 bits per heavy atom. The minimum Gasteiger partial charge on any atom is -0.447 e. The molecule has 0 spiro atoms. The highest BCUT2D eigenvalue weighted by molar-refractivity contribution is 5.95. The lowest BCUT2D eigenvalue weighted by atomic mass is 10.0. The average Bonchev–Trinajstić information content (AvgIpc) is 3.55. The van der Waals surface area contributed by atoms with Gasteiger partial charge in [0.05, 0.1) is 17.7 Å². The second-order valence-electron chi connectivity index (χ2n) is 7.85. The van der Waals surface area contributed by atoms with Crippen LogP contribution >= 0.6 is 0 Å². The molecule has 2 heterocycles. The zero-order valence-electron chi connectivity index (χ0n) is 16.6. The fourth-order valence-corrected chi connectivity index (χ4v) is 3.91. The number of fused-ring (bicyclic) bond motifs is 1. The Morgan fingerprint density at radius 3 is 2.60 bits per heavy atom. The van der Waals surface area contributed by atoms with Crippen molar-refractivity contribution in [3.05, 3.63) is 48.2 Å². The van der Waals surface area contributed by atoms with Crippen LogP contribution in [0.5, 0.6) is 0 Å². The molecule has 2 fully saturated rings. The van der Waals surface area contributed by atoms with Gasteiger partial charge in [0, 0.05) is 17.1 Å². The number of ether oxygens (including phenoxy) is 1. The molecule has 0 bridgehead atoms. The van der Waals surface area contributed by atoms with E-state index in [-0.39, 0.29) is 6.09 Å². The van der Waals surface area contributed by atoms with Crippen molar-refractivity contribution in [3.63, 3.8) is 0 Å². The number of carbonyl (C=O) groups is 1. The largest absolute Gasteiger partial charge is 0.447 e. The van der Waals surface area contributed by atoms with E-state index < -0.39 is 0 Å². The second-order valence-corrected chi connectivity index (χ2v) is 7.85. The number of hydrogen-bond acceptors (Lipinski definition) is 6. The highest BCUT2D eigenvalue weighted by Crippen LogP contribution is 2.36. The van der Waals surface area contributed by atoms with Crippen LogP contribution in [0.25, 0.3) is 22.0 Å². The van der Waals surface area contributed by atoms with Gasteiger partial charge in [-0.3, -0.25) is 4.90 Å². The van der Waals surface area contributed by atoms with E-state index in [0.717, 1.165) is 33.4 Å². The van der Waals surface area contributed by atoms with E-state index in [4.69, 9.17) is 4.74 Å². The minimum absolute atomic E-state index is 0.300. The van der Waals surface area contributed by atoms with Crippen LogP contribution in [-0.2, 0) is 4.74 Å². The van der Waals surface area contributed by atoms with Gasteiger partial charge in [0.15, 0.2) is 5.69 Å². The fraction of sp³-hybridized carbons (Fsp3) is 0.304. The number of cyclic esters (lactones) is 1. The summed E-state index contributed by atoms with van der Waals surface area (Å²) in [6.45, 7) is 3.14. The summed E-state index contributed by atoms with van der Waals surface area (Å²) < 4.78 is 5.00. The van der Waals surface area contributed by atoms with Crippen LogP contribution in [0.1, 0.15) is 25.5 Å². The molecule has 5 rings (SSSR count). The summed E-state index contributed by atoms with van der Waals surface area (Å²) >= 11 is 0. The Balaban J connectivity index is 1.47. The molecular weight excluding hydrogens is 378 g/mol. The van der Waals surface area contributed by atoms with Gasteiger partial charge in [0.2, 0.25) is 0 Å². The summed E-state index contributed by atoms with van der Waals surface area (Å²) in [6.07, 6.45) is 2.14. The van der Waals surface area contributed by atoms with Crippen LogP contribution in [-0.4, -0.2) is 35.5 Å². The van der Waals surface area contributed by atoms with Crippen LogP contribution < -0.4 is 10.2 Å². The molecule has 0 radical (unpaired) electrons. The lowest BCUT2D eigenvalue weighted by molar-refractivity contribution is 0.181. The molecule has 1 aliphatic carbocycles. The molecule has 7 heteroatoms. The van der Waals surface area contributed by atoms with Crippen molar-refractivity contribution in [2.24, 2.45) is 5.92 Å². The smallest absolute Gasteiger partial charge is 0.414 e. The van der Waals surface area contributed by atoms with Crippen LogP contribution in [0, 0.1) is 17.2 Å². The average molecular weight is 399 g/mol. The number of hydrogen-bond donors (Lipinski definition) is 1. The van der Waals surface area contributed by atoms with E-state index in [1.54, 1.807) is 4.90 Å². The highest BCUT2D eigenvalue weighted by Gasteiger charge is 2.29. The molecule has 1 aliphatic heterocycles. The van der Waals surface area contributed by atoms with E-state index in [0.29, 0.717) is 30.8 Å². The lowest BCUT2D eigenvalue weighted by Crippen LogP contribution is -2.23. The van der Waals surface area contributed by atoms with Crippen LogP contribution in [0.15, 0.2) is 42.5 Å². The van der Waals surface area contributed by atoms with Crippen LogP contribution in [0.4, 0.5) is 16.2 Å². The van der Waals surface area contributed by atoms with E-state index in [2.05, 4.69) is 28.5 Å². The molecular formula is C23H21N5O2. The van der Waals surface area contributed by atoms with Crippen molar-refractivity contribution < 1.29 is 9.53 Å². The zero-order valence-corrected chi connectivity index (χ0v) is 16.6. The predicted octanol–water partition coefficient (Wildman–Crippen LogP) is 4.34. The molecule has 30 heavy (non-hydrogen) atoms. The topological polar surface area (TPSA) is 91.1 Å². The zero-order chi connectivity index (χ0) is 20.7. The first-order chi connectivity index (χ1) is 14.6. The molecule has 2 aliphatic rings. The molecule has 1 saturated heterocycles. The van der Waals surface area contributed by atoms with Crippen molar-refractivity contribution in [2.45, 2.75) is 25.8 Å². The van der Waals surface area contributed by atoms with Crippen LogP contribution in [0.2, 0.25) is 0 Å². The summed E-state index contributed by atoms with van der Waals surface area (Å²) in [5.74, 6) is 0.658. The molecule has 1 aromatic heterocycles. The van der Waals surface area contributed by atoms with Gasteiger partial charge < -0.3 is 10.1 Å². The fourth-order valence-electron chi connectivity index (χ4n) is 3.91. The second kappa shape index (κ2) is 7.30.